The Bertz CT molecular complexity index is 934. The van der Waals surface area contributed by atoms with Crippen molar-refractivity contribution in [3.05, 3.63) is 41.0 Å². The monoisotopic (exact) mass is 443 g/mol. The number of halogens is 1. The first kappa shape index (κ1) is 21.8. The molecule has 1 aromatic carbocycles. The van der Waals surface area contributed by atoms with Crippen molar-refractivity contribution in [3.8, 4) is 11.3 Å². The highest BCUT2D eigenvalue weighted by molar-refractivity contribution is 6.30. The van der Waals surface area contributed by atoms with Gasteiger partial charge in [0.25, 0.3) is 5.91 Å². The van der Waals surface area contributed by atoms with Crippen LogP contribution in [0, 0.1) is 11.8 Å². The number of amides is 3. The molecule has 2 aliphatic rings. The fourth-order valence-electron chi connectivity index (χ4n) is 4.81. The van der Waals surface area contributed by atoms with Gasteiger partial charge >= 0.3 is 6.03 Å². The van der Waals surface area contributed by atoms with E-state index in [1.165, 1.54) is 0 Å². The van der Waals surface area contributed by atoms with E-state index in [2.05, 4.69) is 39.6 Å². The highest BCUT2D eigenvalue weighted by Crippen LogP contribution is 2.36. The van der Waals surface area contributed by atoms with E-state index in [9.17, 15) is 9.59 Å². The van der Waals surface area contributed by atoms with Gasteiger partial charge in [0.05, 0.1) is 11.9 Å². The quantitative estimate of drug-likeness (QED) is 0.565. The maximum atomic E-state index is 12.8. The summed E-state index contributed by atoms with van der Waals surface area (Å²) in [6.07, 6.45) is 5.23. The molecule has 3 heterocycles. The van der Waals surface area contributed by atoms with E-state index in [1.54, 1.807) is 0 Å². The number of carbonyl (C=O) groups is 2. The summed E-state index contributed by atoms with van der Waals surface area (Å²) in [5.41, 5.74) is 2.44. The number of benzene rings is 1. The second-order valence-corrected chi connectivity index (χ2v) is 9.58. The summed E-state index contributed by atoms with van der Waals surface area (Å²) in [5.74, 6) is 0.472. The Morgan fingerprint density at radius 2 is 1.90 bits per heavy atom. The first-order chi connectivity index (χ1) is 14.9. The Hall–Kier alpha value is -2.38. The van der Waals surface area contributed by atoms with Gasteiger partial charge in [0.15, 0.2) is 0 Å². The number of carbonyl (C=O) groups excluding carboxylic acids is 2. The Labute approximate surface area is 187 Å². The molecule has 0 unspecified atom stereocenters. The summed E-state index contributed by atoms with van der Waals surface area (Å²) in [7, 11) is 0. The molecule has 166 valence electrons. The third-order valence-electron chi connectivity index (χ3n) is 6.61. The van der Waals surface area contributed by atoms with Crippen LogP contribution in [0.25, 0.3) is 11.3 Å². The lowest BCUT2D eigenvalue weighted by Gasteiger charge is -2.41. The number of nitrogens with zero attached hydrogens (tertiary/aromatic N) is 2. The van der Waals surface area contributed by atoms with Crippen LogP contribution in [0.2, 0.25) is 5.02 Å². The molecule has 31 heavy (non-hydrogen) atoms. The van der Waals surface area contributed by atoms with Crippen molar-refractivity contribution < 1.29 is 9.59 Å². The van der Waals surface area contributed by atoms with Crippen LogP contribution in [0.1, 0.15) is 45.1 Å². The highest BCUT2D eigenvalue weighted by Gasteiger charge is 2.51. The third kappa shape index (κ3) is 4.62. The molecule has 1 aromatic heterocycles. The molecular weight excluding hydrogens is 414 g/mol. The van der Waals surface area contributed by atoms with E-state index in [0.29, 0.717) is 17.4 Å². The molecule has 2 aromatic rings. The van der Waals surface area contributed by atoms with Gasteiger partial charge in [-0.15, -0.1) is 0 Å². The van der Waals surface area contributed by atoms with Crippen molar-refractivity contribution in [1.82, 2.24) is 25.7 Å². The number of hydrogen-bond donors (Lipinski definition) is 3. The van der Waals surface area contributed by atoms with Gasteiger partial charge in [-0.2, -0.15) is 5.10 Å². The molecule has 2 aliphatic heterocycles. The standard InChI is InChI=1S/C23H30ClN5O2/c1-15(2)7-10-23(21(30)26-22(31)27-23)18-8-11-29(12-9-18)14-17-13-25-28-20(17)16-3-5-19(24)6-4-16/h3-6,13,15,18H,7-12,14H2,1-2H3,(H,25,28)(H2,26,27,30,31)/t23-/m1/s1. The number of nitrogens with one attached hydrogen (secondary N) is 3. The number of urea groups is 1. The predicted molar refractivity (Wildman–Crippen MR) is 121 cm³/mol. The molecule has 3 amide bonds. The van der Waals surface area contributed by atoms with E-state index in [1.807, 2.05) is 30.5 Å². The summed E-state index contributed by atoms with van der Waals surface area (Å²) >= 11 is 6.02. The molecule has 2 fully saturated rings. The summed E-state index contributed by atoms with van der Waals surface area (Å²) < 4.78 is 0. The number of hydrogen-bond acceptors (Lipinski definition) is 4. The Balaban J connectivity index is 1.42. The first-order valence-electron chi connectivity index (χ1n) is 11.0. The van der Waals surface area contributed by atoms with Gasteiger partial charge in [0.2, 0.25) is 0 Å². The zero-order valence-electron chi connectivity index (χ0n) is 18.1. The Morgan fingerprint density at radius 1 is 1.19 bits per heavy atom. The van der Waals surface area contributed by atoms with E-state index in [-0.39, 0.29) is 17.9 Å². The van der Waals surface area contributed by atoms with Gasteiger partial charge in [0.1, 0.15) is 5.54 Å². The topological polar surface area (TPSA) is 90.1 Å². The smallest absolute Gasteiger partial charge is 0.322 e. The normalized spacial score (nSPS) is 22.7. The molecule has 8 heteroatoms. The largest absolute Gasteiger partial charge is 0.323 e. The van der Waals surface area contributed by atoms with Crippen LogP contribution in [0.4, 0.5) is 4.79 Å². The zero-order chi connectivity index (χ0) is 22.0. The summed E-state index contributed by atoms with van der Waals surface area (Å²) in [4.78, 5) is 27.1. The Morgan fingerprint density at radius 3 is 2.52 bits per heavy atom. The highest BCUT2D eigenvalue weighted by atomic mass is 35.5. The number of rotatable bonds is 7. The van der Waals surface area contributed by atoms with Crippen molar-refractivity contribution in [1.29, 1.82) is 0 Å². The Kier molecular flexibility index (Phi) is 6.34. The van der Waals surface area contributed by atoms with Crippen LogP contribution < -0.4 is 10.6 Å². The van der Waals surface area contributed by atoms with Gasteiger partial charge in [0, 0.05) is 17.1 Å². The van der Waals surface area contributed by atoms with Gasteiger partial charge in [-0.25, -0.2) is 4.79 Å². The van der Waals surface area contributed by atoms with Crippen LogP contribution in [0.15, 0.2) is 30.5 Å². The van der Waals surface area contributed by atoms with Gasteiger partial charge in [-0.1, -0.05) is 37.6 Å². The molecule has 2 saturated heterocycles. The number of imide groups is 1. The second kappa shape index (κ2) is 9.01. The van der Waals surface area contributed by atoms with Crippen LogP contribution in [0.5, 0.6) is 0 Å². The minimum Gasteiger partial charge on any atom is -0.323 e. The van der Waals surface area contributed by atoms with Crippen LogP contribution >= 0.6 is 11.6 Å². The SMILES string of the molecule is CC(C)CC[C@]1(C2CCN(Cc3cn[nH]c3-c3ccc(Cl)cc3)CC2)NC(=O)NC1=O. The van der Waals surface area contributed by atoms with Crippen molar-refractivity contribution >= 4 is 23.5 Å². The number of H-pyrrole nitrogens is 1. The van der Waals surface area contributed by atoms with Crippen LogP contribution in [-0.2, 0) is 11.3 Å². The minimum atomic E-state index is -0.766. The molecular formula is C23H30ClN5O2. The summed E-state index contributed by atoms with van der Waals surface area (Å²) in [6, 6.07) is 7.38. The maximum absolute atomic E-state index is 12.8. The molecule has 4 rings (SSSR count). The fourth-order valence-corrected chi connectivity index (χ4v) is 4.94. The average Bonchev–Trinajstić information content (AvgIpc) is 3.31. The van der Waals surface area contributed by atoms with Crippen molar-refractivity contribution in [2.75, 3.05) is 13.1 Å². The first-order valence-corrected chi connectivity index (χ1v) is 11.4. The third-order valence-corrected chi connectivity index (χ3v) is 6.87. The van der Waals surface area contributed by atoms with E-state index in [0.717, 1.165) is 55.7 Å². The van der Waals surface area contributed by atoms with Crippen LogP contribution in [-0.4, -0.2) is 45.7 Å². The molecule has 0 radical (unpaired) electrons. The molecule has 1 atom stereocenters. The summed E-state index contributed by atoms with van der Waals surface area (Å²) in [6.45, 7) is 6.84. The molecule has 0 bridgehead atoms. The van der Waals surface area contributed by atoms with Crippen molar-refractivity contribution in [3.63, 3.8) is 0 Å². The lowest BCUT2D eigenvalue weighted by atomic mass is 9.74. The van der Waals surface area contributed by atoms with E-state index in [4.69, 9.17) is 11.6 Å². The fraction of sp³-hybridized carbons (Fsp3) is 0.522. The second-order valence-electron chi connectivity index (χ2n) is 9.14. The molecule has 3 N–H and O–H groups in total. The van der Waals surface area contributed by atoms with Crippen molar-refractivity contribution in [2.24, 2.45) is 11.8 Å². The van der Waals surface area contributed by atoms with Crippen LogP contribution in [0.3, 0.4) is 0 Å². The van der Waals surface area contributed by atoms with Gasteiger partial charge < -0.3 is 5.32 Å². The average molecular weight is 444 g/mol. The van der Waals surface area contributed by atoms with E-state index >= 15 is 0 Å². The van der Waals surface area contributed by atoms with Gasteiger partial charge in [-0.3, -0.25) is 20.1 Å². The molecule has 0 saturated carbocycles. The number of aromatic nitrogens is 2. The summed E-state index contributed by atoms with van der Waals surface area (Å²) in [5, 5.41) is 13.5. The number of piperidine rings is 1. The maximum Gasteiger partial charge on any atom is 0.322 e. The van der Waals surface area contributed by atoms with Crippen molar-refractivity contribution in [2.45, 2.75) is 51.6 Å². The molecule has 7 nitrogen and oxygen atoms in total. The van der Waals surface area contributed by atoms with Gasteiger partial charge in [-0.05, 0) is 68.3 Å². The number of aromatic amines is 1. The lowest BCUT2D eigenvalue weighted by Crippen LogP contribution is -2.56. The molecule has 0 spiro atoms. The van der Waals surface area contributed by atoms with E-state index < -0.39 is 5.54 Å². The predicted octanol–water partition coefficient (Wildman–Crippen LogP) is 3.96. The zero-order valence-corrected chi connectivity index (χ0v) is 18.8. The number of likely N-dealkylation sites (tertiary alicyclic amines) is 1. The lowest BCUT2D eigenvalue weighted by molar-refractivity contribution is -0.127. The molecule has 0 aliphatic carbocycles. The minimum absolute atomic E-state index is 0.147.